The Morgan fingerprint density at radius 1 is 0.901 bits per heavy atom. The number of carboxylic acids is 1. The molecule has 9 rings (SSSR count). The van der Waals surface area contributed by atoms with Crippen molar-refractivity contribution < 1.29 is 33.8 Å². The number of thiazole rings is 1. The van der Waals surface area contributed by atoms with Crippen LogP contribution in [0.2, 0.25) is 0 Å². The Balaban J connectivity index is 0.750. The van der Waals surface area contributed by atoms with E-state index in [1.165, 1.54) is 11.3 Å². The van der Waals surface area contributed by atoms with Crippen LogP contribution in [0.25, 0.3) is 21.3 Å². The van der Waals surface area contributed by atoms with Gasteiger partial charge in [0.05, 0.1) is 35.0 Å². The smallest absolute Gasteiger partial charge is 0.355 e. The molecule has 5 heterocycles. The zero-order valence-corrected chi connectivity index (χ0v) is 40.8. The third-order valence-corrected chi connectivity index (χ3v) is 15.0. The van der Waals surface area contributed by atoms with Crippen molar-refractivity contribution >= 4 is 79.2 Å². The van der Waals surface area contributed by atoms with E-state index in [4.69, 9.17) is 15.1 Å². The molecule has 2 aromatic heterocycles. The number of aromatic nitrogens is 2. The molecule has 16 nitrogen and oxygen atoms in total. The standard InChI is InChI=1S/C54H57N9O7S/c1-31(33-19-23-62(24-20-33)30-48(65)57-35-11-13-40(44(28-35)56-3)49(55)41-16-18-47(64)60-52(41)67)22-26-70-36-12-14-37(32(2)27-36)38-15-17-46(59-50(38)53(68)69)63-25-21-34-7-6-8-39(42(34)29-63)51(66)61-54-58-43-9-4-5-10-45(43)71-54/h4-15,17,27-28,31,33,41,55-56H,16,18-26,29-30H2,1-3H3,(H,57,65)(H,68,69)(H,58,61,66)(H,60,64,67). The van der Waals surface area contributed by atoms with Crippen molar-refractivity contribution in [1.29, 1.82) is 5.41 Å². The number of hydrogen-bond acceptors (Lipinski definition) is 13. The van der Waals surface area contributed by atoms with Gasteiger partial charge in [0, 0.05) is 54.6 Å². The Morgan fingerprint density at radius 3 is 2.46 bits per heavy atom. The summed E-state index contributed by atoms with van der Waals surface area (Å²) < 4.78 is 7.23. The summed E-state index contributed by atoms with van der Waals surface area (Å²) in [6, 6.07) is 28.1. The molecule has 0 radical (unpaired) electrons. The third kappa shape index (κ3) is 11.0. The maximum absolute atomic E-state index is 13.6. The first kappa shape index (κ1) is 48.5. The summed E-state index contributed by atoms with van der Waals surface area (Å²) in [6.45, 7) is 7.61. The lowest BCUT2D eigenvalue weighted by Crippen LogP contribution is -2.44. The number of imide groups is 1. The number of para-hydroxylation sites is 1. The summed E-state index contributed by atoms with van der Waals surface area (Å²) in [5, 5.41) is 31.0. The van der Waals surface area contributed by atoms with Gasteiger partial charge in [-0.05, 0) is 147 Å². The molecule has 4 aromatic carbocycles. The van der Waals surface area contributed by atoms with Gasteiger partial charge in [-0.1, -0.05) is 48.6 Å². The van der Waals surface area contributed by atoms with Crippen LogP contribution in [0.5, 0.6) is 5.75 Å². The van der Waals surface area contributed by atoms with Crippen molar-refractivity contribution in [1.82, 2.24) is 20.2 Å². The van der Waals surface area contributed by atoms with Crippen molar-refractivity contribution in [3.05, 3.63) is 125 Å². The maximum Gasteiger partial charge on any atom is 0.355 e. The number of piperidine rings is 2. The number of amides is 4. The number of benzene rings is 4. The molecule has 6 N–H and O–H groups in total. The second kappa shape index (κ2) is 21.2. The lowest BCUT2D eigenvalue weighted by molar-refractivity contribution is -0.134. The normalized spacial score (nSPS) is 16.7. The summed E-state index contributed by atoms with van der Waals surface area (Å²) in [5.74, 6) is -0.857. The van der Waals surface area contributed by atoms with Gasteiger partial charge in [-0.15, -0.1) is 0 Å². The molecular formula is C54H57N9O7S. The van der Waals surface area contributed by atoms with Crippen LogP contribution in [-0.2, 0) is 27.3 Å². The highest BCUT2D eigenvalue weighted by Gasteiger charge is 2.32. The molecule has 0 spiro atoms. The Labute approximate surface area is 415 Å². The minimum absolute atomic E-state index is 0.0477. The van der Waals surface area contributed by atoms with Crippen LogP contribution in [0, 0.1) is 30.1 Å². The van der Waals surface area contributed by atoms with Gasteiger partial charge in [0.25, 0.3) is 5.91 Å². The molecular weight excluding hydrogens is 919 g/mol. The monoisotopic (exact) mass is 975 g/mol. The summed E-state index contributed by atoms with van der Waals surface area (Å²) in [5.41, 5.74) is 7.29. The van der Waals surface area contributed by atoms with E-state index in [0.29, 0.717) is 82.7 Å². The fourth-order valence-corrected chi connectivity index (χ4v) is 10.9. The van der Waals surface area contributed by atoms with Gasteiger partial charge in [-0.2, -0.15) is 0 Å². The fourth-order valence-electron chi connectivity index (χ4n) is 10.0. The number of pyridine rings is 1. The Morgan fingerprint density at radius 2 is 1.70 bits per heavy atom. The zero-order chi connectivity index (χ0) is 49.8. The van der Waals surface area contributed by atoms with E-state index in [1.54, 1.807) is 25.2 Å². The van der Waals surface area contributed by atoms with Gasteiger partial charge in [0.2, 0.25) is 17.7 Å². The van der Waals surface area contributed by atoms with E-state index >= 15 is 0 Å². The van der Waals surface area contributed by atoms with Crippen molar-refractivity contribution in [2.24, 2.45) is 17.8 Å². The van der Waals surface area contributed by atoms with Crippen LogP contribution in [0.3, 0.4) is 0 Å². The van der Waals surface area contributed by atoms with E-state index in [0.717, 1.165) is 64.8 Å². The summed E-state index contributed by atoms with van der Waals surface area (Å²) in [6.07, 6.45) is 3.96. The van der Waals surface area contributed by atoms with Gasteiger partial charge in [0.15, 0.2) is 10.8 Å². The van der Waals surface area contributed by atoms with E-state index < -0.39 is 17.8 Å². The van der Waals surface area contributed by atoms with Crippen molar-refractivity contribution in [3.63, 3.8) is 0 Å². The van der Waals surface area contributed by atoms with Crippen molar-refractivity contribution in [2.45, 2.75) is 58.9 Å². The number of aromatic carboxylic acids is 1. The molecule has 2 atom stereocenters. The average Bonchev–Trinajstić information content (AvgIpc) is 3.78. The predicted octanol–water partition coefficient (Wildman–Crippen LogP) is 8.40. The van der Waals surface area contributed by atoms with Gasteiger partial charge >= 0.3 is 5.97 Å². The van der Waals surface area contributed by atoms with E-state index in [2.05, 4.69) is 38.1 Å². The third-order valence-electron chi connectivity index (χ3n) is 14.0. The second-order valence-electron chi connectivity index (χ2n) is 18.6. The summed E-state index contributed by atoms with van der Waals surface area (Å²) >= 11 is 1.42. The van der Waals surface area contributed by atoms with Crippen molar-refractivity contribution in [3.8, 4) is 16.9 Å². The number of aryl methyl sites for hydroxylation is 1. The number of ether oxygens (including phenoxy) is 1. The first-order valence-corrected chi connectivity index (χ1v) is 24.9. The number of rotatable bonds is 16. The van der Waals surface area contributed by atoms with Crippen LogP contribution in [0.4, 0.5) is 22.3 Å². The average molecular weight is 976 g/mol. The minimum atomic E-state index is -1.13. The molecule has 366 valence electrons. The molecule has 2 fully saturated rings. The Bertz CT molecular complexity index is 3020. The highest BCUT2D eigenvalue weighted by Crippen LogP contribution is 2.35. The number of nitrogens with one attached hydrogen (secondary N) is 5. The van der Waals surface area contributed by atoms with E-state index in [1.807, 2.05) is 84.6 Å². The van der Waals surface area contributed by atoms with Crippen LogP contribution >= 0.6 is 11.3 Å². The zero-order valence-electron chi connectivity index (χ0n) is 40.0. The Kier molecular flexibility index (Phi) is 14.5. The predicted molar refractivity (Wildman–Crippen MR) is 276 cm³/mol. The lowest BCUT2D eigenvalue weighted by Gasteiger charge is -2.34. The molecule has 2 unspecified atom stereocenters. The number of fused-ring (bicyclic) bond motifs is 2. The molecule has 0 bridgehead atoms. The largest absolute Gasteiger partial charge is 0.494 e. The molecule has 3 aliphatic heterocycles. The molecule has 4 amide bonds. The molecule has 0 saturated carbocycles. The van der Waals surface area contributed by atoms with Crippen LogP contribution in [0.15, 0.2) is 91.0 Å². The quantitative estimate of drug-likeness (QED) is 0.0398. The SMILES string of the molecule is CNc1cc(NC(=O)CN2CCC(C(C)CCOc3ccc(-c4ccc(N5CCc6cccc(C(=O)Nc7nc8ccccc8s7)c6C5)nc4C(=O)O)c(C)c3)CC2)ccc1C(=N)C1CCC(=O)NC1=O. The summed E-state index contributed by atoms with van der Waals surface area (Å²) in [7, 11) is 1.72. The van der Waals surface area contributed by atoms with Crippen LogP contribution in [-0.4, -0.2) is 95.1 Å². The van der Waals surface area contributed by atoms with Gasteiger partial charge < -0.3 is 30.8 Å². The van der Waals surface area contributed by atoms with Crippen molar-refractivity contribution in [2.75, 3.05) is 60.7 Å². The number of anilines is 4. The molecule has 6 aromatic rings. The number of carboxylic acid groups (broad SMARTS) is 1. The molecule has 0 aliphatic carbocycles. The first-order valence-electron chi connectivity index (χ1n) is 24.1. The number of carbonyl (C=O) groups excluding carboxylic acids is 4. The second-order valence-corrected chi connectivity index (χ2v) is 19.6. The highest BCUT2D eigenvalue weighted by molar-refractivity contribution is 7.22. The molecule has 2 saturated heterocycles. The minimum Gasteiger partial charge on any atom is -0.494 e. The highest BCUT2D eigenvalue weighted by atomic mass is 32.1. The lowest BCUT2D eigenvalue weighted by atomic mass is 9.84. The molecule has 17 heteroatoms. The Hall–Kier alpha value is -7.50. The van der Waals surface area contributed by atoms with Crippen LogP contribution in [0.1, 0.15) is 82.1 Å². The fraction of sp³-hybridized carbons (Fsp3) is 0.333. The van der Waals surface area contributed by atoms with Crippen LogP contribution < -0.4 is 30.9 Å². The number of nitrogens with zero attached hydrogens (tertiary/aromatic N) is 4. The van der Waals surface area contributed by atoms with Gasteiger partial charge in [-0.25, -0.2) is 14.8 Å². The summed E-state index contributed by atoms with van der Waals surface area (Å²) in [4.78, 5) is 76.9. The topological polar surface area (TPSA) is 219 Å². The maximum atomic E-state index is 13.6. The molecule has 71 heavy (non-hydrogen) atoms. The first-order chi connectivity index (χ1) is 34.3. The number of carbonyl (C=O) groups is 5. The van der Waals surface area contributed by atoms with E-state index in [9.17, 15) is 29.1 Å². The number of hydrogen-bond donors (Lipinski definition) is 6. The number of likely N-dealkylation sites (tertiary alicyclic amines) is 1. The van der Waals surface area contributed by atoms with Gasteiger partial charge in [-0.3, -0.25) is 34.7 Å². The van der Waals surface area contributed by atoms with Gasteiger partial charge in [0.1, 0.15) is 11.6 Å². The van der Waals surface area contributed by atoms with E-state index in [-0.39, 0.29) is 48.5 Å². The molecule has 3 aliphatic rings.